The van der Waals surface area contributed by atoms with E-state index < -0.39 is 0 Å². The zero-order valence-corrected chi connectivity index (χ0v) is 12.0. The standard InChI is InChI=1S/C14H11BrFN3O/c15-13-5-4-12(20-13)14-11(17)8-19(18-14)7-9-2-1-3-10(16)6-9/h1-6,8H,7,17H2. The van der Waals surface area contributed by atoms with Gasteiger partial charge in [0.2, 0.25) is 0 Å². The van der Waals surface area contributed by atoms with Gasteiger partial charge in [0.05, 0.1) is 12.2 Å². The SMILES string of the molecule is Nc1cn(Cc2cccc(F)c2)nc1-c1ccc(Br)o1. The Morgan fingerprint density at radius 3 is 2.85 bits per heavy atom. The van der Waals surface area contributed by atoms with Crippen molar-refractivity contribution in [3.63, 3.8) is 0 Å². The fourth-order valence-corrected chi connectivity index (χ4v) is 2.28. The molecule has 0 atom stereocenters. The molecule has 0 aliphatic heterocycles. The van der Waals surface area contributed by atoms with E-state index >= 15 is 0 Å². The quantitative estimate of drug-likeness (QED) is 0.794. The maximum Gasteiger partial charge on any atom is 0.169 e. The average Bonchev–Trinajstić information content (AvgIpc) is 2.96. The molecule has 2 aromatic heterocycles. The van der Waals surface area contributed by atoms with Crippen molar-refractivity contribution in [1.82, 2.24) is 9.78 Å². The van der Waals surface area contributed by atoms with Crippen molar-refractivity contribution in [2.24, 2.45) is 0 Å². The number of hydrogen-bond acceptors (Lipinski definition) is 3. The number of furan rings is 1. The Bertz CT molecular complexity index is 750. The molecule has 0 saturated carbocycles. The van der Waals surface area contributed by atoms with Gasteiger partial charge in [-0.15, -0.1) is 0 Å². The molecule has 3 rings (SSSR count). The Kier molecular flexibility index (Phi) is 3.31. The van der Waals surface area contributed by atoms with Crippen LogP contribution in [0.25, 0.3) is 11.5 Å². The normalized spacial score (nSPS) is 10.9. The smallest absolute Gasteiger partial charge is 0.169 e. The molecule has 0 aliphatic carbocycles. The third-order valence-electron chi connectivity index (χ3n) is 2.83. The van der Waals surface area contributed by atoms with Crippen LogP contribution >= 0.6 is 15.9 Å². The van der Waals surface area contributed by atoms with Gasteiger partial charge in [0.25, 0.3) is 0 Å². The number of hydrogen-bond donors (Lipinski definition) is 1. The molecule has 0 saturated heterocycles. The molecule has 0 unspecified atom stereocenters. The Morgan fingerprint density at radius 1 is 1.30 bits per heavy atom. The van der Waals surface area contributed by atoms with Gasteiger partial charge in [-0.2, -0.15) is 5.10 Å². The van der Waals surface area contributed by atoms with Crippen molar-refractivity contribution < 1.29 is 8.81 Å². The number of halogens is 2. The minimum Gasteiger partial charge on any atom is -0.448 e. The summed E-state index contributed by atoms with van der Waals surface area (Å²) in [5.41, 5.74) is 7.85. The maximum absolute atomic E-state index is 13.1. The maximum atomic E-state index is 13.1. The molecule has 0 aliphatic rings. The molecular formula is C14H11BrFN3O. The zero-order valence-electron chi connectivity index (χ0n) is 10.4. The van der Waals surface area contributed by atoms with Crippen molar-refractivity contribution in [3.8, 4) is 11.5 Å². The van der Waals surface area contributed by atoms with Crippen LogP contribution in [0.4, 0.5) is 10.1 Å². The minimum atomic E-state index is -0.266. The van der Waals surface area contributed by atoms with Gasteiger partial charge in [0.15, 0.2) is 16.1 Å². The summed E-state index contributed by atoms with van der Waals surface area (Å²) in [5.74, 6) is 0.324. The van der Waals surface area contributed by atoms with Gasteiger partial charge in [-0.3, -0.25) is 4.68 Å². The molecule has 0 bridgehead atoms. The molecule has 0 spiro atoms. The lowest BCUT2D eigenvalue weighted by Gasteiger charge is -2.01. The second-order valence-electron chi connectivity index (χ2n) is 4.36. The largest absolute Gasteiger partial charge is 0.448 e. The molecular weight excluding hydrogens is 325 g/mol. The Balaban J connectivity index is 1.89. The molecule has 1 aromatic carbocycles. The van der Waals surface area contributed by atoms with Crippen LogP contribution < -0.4 is 5.73 Å². The monoisotopic (exact) mass is 335 g/mol. The van der Waals surface area contributed by atoms with Crippen LogP contribution in [0.3, 0.4) is 0 Å². The van der Waals surface area contributed by atoms with E-state index in [0.717, 1.165) is 5.56 Å². The number of nitrogens with two attached hydrogens (primary N) is 1. The first-order valence-corrected chi connectivity index (χ1v) is 6.74. The Labute approximate surface area is 123 Å². The van der Waals surface area contributed by atoms with Gasteiger partial charge in [-0.05, 0) is 45.8 Å². The lowest BCUT2D eigenvalue weighted by Crippen LogP contribution is -2.00. The van der Waals surface area contributed by atoms with Crippen LogP contribution in [0.1, 0.15) is 5.56 Å². The number of rotatable bonds is 3. The molecule has 102 valence electrons. The predicted octanol–water partition coefficient (Wildman–Crippen LogP) is 3.68. The summed E-state index contributed by atoms with van der Waals surface area (Å²) in [4.78, 5) is 0. The Hall–Kier alpha value is -2.08. The van der Waals surface area contributed by atoms with Crippen LogP contribution in [0, 0.1) is 5.82 Å². The van der Waals surface area contributed by atoms with Gasteiger partial charge >= 0.3 is 0 Å². The van der Waals surface area contributed by atoms with Crippen molar-refractivity contribution >= 4 is 21.6 Å². The molecule has 0 radical (unpaired) electrons. The van der Waals surface area contributed by atoms with E-state index in [4.69, 9.17) is 10.2 Å². The second kappa shape index (κ2) is 5.13. The lowest BCUT2D eigenvalue weighted by molar-refractivity contribution is 0.551. The highest BCUT2D eigenvalue weighted by molar-refractivity contribution is 9.10. The van der Waals surface area contributed by atoms with E-state index in [1.165, 1.54) is 12.1 Å². The Morgan fingerprint density at radius 2 is 2.15 bits per heavy atom. The molecule has 2 N–H and O–H groups in total. The summed E-state index contributed by atoms with van der Waals surface area (Å²) in [6.07, 6.45) is 1.71. The van der Waals surface area contributed by atoms with Gasteiger partial charge in [0, 0.05) is 6.20 Å². The highest BCUT2D eigenvalue weighted by Crippen LogP contribution is 2.28. The molecule has 6 heteroatoms. The molecule has 3 aromatic rings. The third kappa shape index (κ3) is 2.60. The van der Waals surface area contributed by atoms with Gasteiger partial charge in [-0.25, -0.2) is 4.39 Å². The fraction of sp³-hybridized carbons (Fsp3) is 0.0714. The number of nitrogens with zero attached hydrogens (tertiary/aromatic N) is 2. The summed E-state index contributed by atoms with van der Waals surface area (Å²) in [7, 11) is 0. The highest BCUT2D eigenvalue weighted by atomic mass is 79.9. The minimum absolute atomic E-state index is 0.266. The van der Waals surface area contributed by atoms with Crippen molar-refractivity contribution in [2.45, 2.75) is 6.54 Å². The van der Waals surface area contributed by atoms with E-state index in [-0.39, 0.29) is 5.82 Å². The first-order valence-electron chi connectivity index (χ1n) is 5.95. The summed E-state index contributed by atoms with van der Waals surface area (Å²) in [6.45, 7) is 0.448. The summed E-state index contributed by atoms with van der Waals surface area (Å²) >= 11 is 3.24. The second-order valence-corrected chi connectivity index (χ2v) is 5.15. The third-order valence-corrected chi connectivity index (χ3v) is 3.26. The van der Waals surface area contributed by atoms with Crippen molar-refractivity contribution in [3.05, 3.63) is 58.6 Å². The zero-order chi connectivity index (χ0) is 14.1. The van der Waals surface area contributed by atoms with Crippen LogP contribution in [-0.2, 0) is 6.54 Å². The predicted molar refractivity (Wildman–Crippen MR) is 77.5 cm³/mol. The van der Waals surface area contributed by atoms with Crippen molar-refractivity contribution in [2.75, 3.05) is 5.73 Å². The summed E-state index contributed by atoms with van der Waals surface area (Å²) in [5, 5.41) is 4.37. The topological polar surface area (TPSA) is 57.0 Å². The first-order chi connectivity index (χ1) is 9.61. The van der Waals surface area contributed by atoms with Crippen LogP contribution in [0.15, 0.2) is 51.7 Å². The average molecular weight is 336 g/mol. The van der Waals surface area contributed by atoms with E-state index in [0.29, 0.717) is 28.4 Å². The van der Waals surface area contributed by atoms with Crippen LogP contribution in [0.5, 0.6) is 0 Å². The molecule has 20 heavy (non-hydrogen) atoms. The molecule has 4 nitrogen and oxygen atoms in total. The number of anilines is 1. The number of benzene rings is 1. The van der Waals surface area contributed by atoms with Crippen molar-refractivity contribution in [1.29, 1.82) is 0 Å². The van der Waals surface area contributed by atoms with Gasteiger partial charge in [0.1, 0.15) is 5.82 Å². The van der Waals surface area contributed by atoms with E-state index in [1.54, 1.807) is 29.1 Å². The summed E-state index contributed by atoms with van der Waals surface area (Å²) < 4.78 is 20.9. The fourth-order valence-electron chi connectivity index (χ4n) is 1.97. The lowest BCUT2D eigenvalue weighted by atomic mass is 10.2. The highest BCUT2D eigenvalue weighted by Gasteiger charge is 2.12. The number of nitrogen functional groups attached to an aromatic ring is 1. The van der Waals surface area contributed by atoms with E-state index in [9.17, 15) is 4.39 Å². The van der Waals surface area contributed by atoms with Gasteiger partial charge < -0.3 is 10.2 Å². The first kappa shape index (κ1) is 12.9. The molecule has 2 heterocycles. The molecule has 0 fully saturated rings. The van der Waals surface area contributed by atoms with Crippen LogP contribution in [0.2, 0.25) is 0 Å². The van der Waals surface area contributed by atoms with E-state index in [1.807, 2.05) is 6.07 Å². The summed E-state index contributed by atoms with van der Waals surface area (Å²) in [6, 6.07) is 9.95. The number of aromatic nitrogens is 2. The van der Waals surface area contributed by atoms with Gasteiger partial charge in [-0.1, -0.05) is 12.1 Å². The molecule has 0 amide bonds. The van der Waals surface area contributed by atoms with E-state index in [2.05, 4.69) is 21.0 Å². The van der Waals surface area contributed by atoms with Crippen LogP contribution in [-0.4, -0.2) is 9.78 Å².